The highest BCUT2D eigenvalue weighted by molar-refractivity contribution is 7.17. The molecular formula is C24H37N2O4P. The smallest absolute Gasteiger partial charge is 0.410 e. The third kappa shape index (κ3) is 6.35. The highest BCUT2D eigenvalue weighted by atomic mass is 31.0. The van der Waals surface area contributed by atoms with Crippen LogP contribution in [0.4, 0.5) is 10.5 Å². The maximum absolute atomic E-state index is 12.4. The van der Waals surface area contributed by atoms with Crippen molar-refractivity contribution in [1.82, 2.24) is 4.90 Å². The Morgan fingerprint density at radius 2 is 1.90 bits per heavy atom. The molecule has 1 aromatic carbocycles. The van der Waals surface area contributed by atoms with Crippen LogP contribution in [0.5, 0.6) is 0 Å². The van der Waals surface area contributed by atoms with Crippen molar-refractivity contribution >= 4 is 27.0 Å². The van der Waals surface area contributed by atoms with Crippen molar-refractivity contribution in [2.75, 3.05) is 32.1 Å². The van der Waals surface area contributed by atoms with Crippen LogP contribution < -0.4 is 5.32 Å². The first-order valence-electron chi connectivity index (χ1n) is 11.3. The summed E-state index contributed by atoms with van der Waals surface area (Å²) in [7, 11) is 4.47. The number of piperidine rings is 1. The van der Waals surface area contributed by atoms with Gasteiger partial charge in [0.25, 0.3) is 0 Å². The van der Waals surface area contributed by atoms with E-state index in [4.69, 9.17) is 9.47 Å². The molecule has 1 N–H and O–H groups in total. The molecule has 0 spiro atoms. The zero-order chi connectivity index (χ0) is 22.6. The van der Waals surface area contributed by atoms with E-state index in [9.17, 15) is 9.59 Å². The topological polar surface area (TPSA) is 67.9 Å². The van der Waals surface area contributed by atoms with E-state index in [0.29, 0.717) is 37.0 Å². The molecule has 6 nitrogen and oxygen atoms in total. The fraction of sp³-hybridized carbons (Fsp3) is 0.667. The summed E-state index contributed by atoms with van der Waals surface area (Å²) < 4.78 is 10.5. The second-order valence-corrected chi connectivity index (χ2v) is 10.6. The molecule has 0 radical (unpaired) electrons. The van der Waals surface area contributed by atoms with E-state index in [1.807, 2.05) is 31.7 Å². The van der Waals surface area contributed by atoms with E-state index < -0.39 is 5.60 Å². The Labute approximate surface area is 188 Å². The zero-order valence-electron chi connectivity index (χ0n) is 19.2. The van der Waals surface area contributed by atoms with Crippen LogP contribution in [0.3, 0.4) is 0 Å². The van der Waals surface area contributed by atoms with Gasteiger partial charge >= 0.3 is 12.1 Å². The van der Waals surface area contributed by atoms with Gasteiger partial charge in [0, 0.05) is 37.4 Å². The van der Waals surface area contributed by atoms with Crippen molar-refractivity contribution in [3.8, 4) is 0 Å². The van der Waals surface area contributed by atoms with Gasteiger partial charge in [-0.1, -0.05) is 18.2 Å². The van der Waals surface area contributed by atoms with Gasteiger partial charge in [-0.15, -0.1) is 9.24 Å². The summed E-state index contributed by atoms with van der Waals surface area (Å²) in [5, 5.41) is 3.56. The van der Waals surface area contributed by atoms with Crippen LogP contribution in [-0.4, -0.2) is 49.3 Å². The number of ether oxygens (including phenoxy) is 2. The van der Waals surface area contributed by atoms with Gasteiger partial charge < -0.3 is 19.7 Å². The van der Waals surface area contributed by atoms with Gasteiger partial charge in [0.05, 0.1) is 7.11 Å². The molecular weight excluding hydrogens is 411 g/mol. The first-order chi connectivity index (χ1) is 14.7. The predicted octanol–water partition coefficient (Wildman–Crippen LogP) is 4.86. The van der Waals surface area contributed by atoms with Crippen molar-refractivity contribution in [3.63, 3.8) is 0 Å². The summed E-state index contributed by atoms with van der Waals surface area (Å²) >= 11 is 0. The molecule has 0 aliphatic carbocycles. The summed E-state index contributed by atoms with van der Waals surface area (Å²) in [5.74, 6) is 0.909. The van der Waals surface area contributed by atoms with Crippen molar-refractivity contribution in [3.05, 3.63) is 29.8 Å². The van der Waals surface area contributed by atoms with Crippen molar-refractivity contribution in [2.45, 2.75) is 57.7 Å². The molecule has 0 aromatic heterocycles. The lowest BCUT2D eigenvalue weighted by Crippen LogP contribution is -2.42. The monoisotopic (exact) mass is 448 g/mol. The number of fused-ring (bicyclic) bond motifs is 1. The Morgan fingerprint density at radius 3 is 2.55 bits per heavy atom. The molecule has 2 aliphatic rings. The highest BCUT2D eigenvalue weighted by Crippen LogP contribution is 2.46. The highest BCUT2D eigenvalue weighted by Gasteiger charge is 2.36. The lowest BCUT2D eigenvalue weighted by Gasteiger charge is -2.40. The number of para-hydroxylation sites is 1. The number of amides is 1. The number of esters is 1. The molecule has 1 aromatic rings. The molecule has 3 rings (SSSR count). The number of methoxy groups -OCH3 is 1. The van der Waals surface area contributed by atoms with Crippen LogP contribution >= 0.6 is 9.24 Å². The molecule has 2 aliphatic heterocycles. The van der Waals surface area contributed by atoms with Gasteiger partial charge in [0.1, 0.15) is 5.60 Å². The van der Waals surface area contributed by atoms with E-state index in [1.54, 1.807) is 0 Å². The molecule has 172 valence electrons. The largest absolute Gasteiger partial charge is 0.469 e. The maximum Gasteiger partial charge on any atom is 0.410 e. The number of carbonyl (C=O) groups excluding carboxylic acids is 2. The molecule has 0 saturated carbocycles. The lowest BCUT2D eigenvalue weighted by molar-refractivity contribution is -0.142. The first kappa shape index (κ1) is 23.8. The van der Waals surface area contributed by atoms with Gasteiger partial charge in [-0.3, -0.25) is 4.79 Å². The predicted molar refractivity (Wildman–Crippen MR) is 126 cm³/mol. The molecule has 1 saturated heterocycles. The van der Waals surface area contributed by atoms with E-state index in [-0.39, 0.29) is 18.0 Å². The summed E-state index contributed by atoms with van der Waals surface area (Å²) in [6.07, 6.45) is 3.05. The fourth-order valence-corrected chi connectivity index (χ4v) is 5.55. The second kappa shape index (κ2) is 10.2. The number of likely N-dealkylation sites (tertiary alicyclic amines) is 1. The maximum atomic E-state index is 12.4. The van der Waals surface area contributed by atoms with Crippen LogP contribution in [0.25, 0.3) is 0 Å². The number of rotatable bonds is 5. The van der Waals surface area contributed by atoms with Crippen LogP contribution in [-0.2, 0) is 14.3 Å². The van der Waals surface area contributed by atoms with E-state index >= 15 is 0 Å². The van der Waals surface area contributed by atoms with Gasteiger partial charge in [0.2, 0.25) is 0 Å². The second-order valence-electron chi connectivity index (χ2n) is 9.84. The molecule has 7 heteroatoms. The Morgan fingerprint density at radius 1 is 1.23 bits per heavy atom. The number of carbonyl (C=O) groups is 2. The average Bonchev–Trinajstić information content (AvgIpc) is 2.73. The number of anilines is 1. The molecule has 31 heavy (non-hydrogen) atoms. The molecule has 1 amide bonds. The Kier molecular flexibility index (Phi) is 7.85. The van der Waals surface area contributed by atoms with E-state index in [1.165, 1.54) is 18.4 Å². The number of benzene rings is 1. The Hall–Kier alpha value is -1.81. The number of nitrogens with zero attached hydrogens (tertiary/aromatic N) is 1. The standard InChI is InChI=1S/C24H37N2O4P/c1-24(2,3)30-23(28)26-11-9-16(10-12-26)13-17(14-21(27)29-4)19-15-25-20-8-6-5-7-18(20)22(19)31/h5-8,16-17,19,22,25H,9-15,31H2,1-4H3/t17-,19?,22?/m0/s1. The summed E-state index contributed by atoms with van der Waals surface area (Å²) in [6.45, 7) is 7.95. The van der Waals surface area contributed by atoms with Gasteiger partial charge in [0.15, 0.2) is 0 Å². The first-order valence-corrected chi connectivity index (χ1v) is 12.0. The zero-order valence-corrected chi connectivity index (χ0v) is 20.4. The van der Waals surface area contributed by atoms with E-state index in [0.717, 1.165) is 25.8 Å². The van der Waals surface area contributed by atoms with Gasteiger partial charge in [-0.25, -0.2) is 4.79 Å². The number of hydrogen-bond donors (Lipinski definition) is 1. The quantitative estimate of drug-likeness (QED) is 0.515. The van der Waals surface area contributed by atoms with Gasteiger partial charge in [-0.05, 0) is 69.4 Å². The lowest BCUT2D eigenvalue weighted by atomic mass is 9.75. The van der Waals surface area contributed by atoms with Crippen molar-refractivity contribution in [1.29, 1.82) is 0 Å². The van der Waals surface area contributed by atoms with Crippen LogP contribution in [0.2, 0.25) is 0 Å². The number of nitrogens with one attached hydrogen (secondary N) is 1. The summed E-state index contributed by atoms with van der Waals surface area (Å²) in [6, 6.07) is 8.40. The Balaban J connectivity index is 1.63. The SMILES string of the molecule is COC(=O)C[C@H](CC1CCN(C(=O)OC(C)(C)C)CC1)C1CNc2ccccc2C1P. The third-order valence-electron chi connectivity index (χ3n) is 6.47. The fourth-order valence-electron chi connectivity index (χ4n) is 4.81. The average molecular weight is 449 g/mol. The van der Waals surface area contributed by atoms with Gasteiger partial charge in [-0.2, -0.15) is 0 Å². The summed E-state index contributed by atoms with van der Waals surface area (Å²) in [4.78, 5) is 26.4. The van der Waals surface area contributed by atoms with Crippen molar-refractivity contribution in [2.24, 2.45) is 17.8 Å². The number of hydrogen-bond acceptors (Lipinski definition) is 5. The third-order valence-corrected chi connectivity index (χ3v) is 7.33. The summed E-state index contributed by atoms with van der Waals surface area (Å²) in [5.41, 5.74) is 2.30. The Bertz CT molecular complexity index is 771. The van der Waals surface area contributed by atoms with Crippen LogP contribution in [0.15, 0.2) is 24.3 Å². The normalized spacial score (nSPS) is 22.8. The van der Waals surface area contributed by atoms with Crippen LogP contribution in [0, 0.1) is 17.8 Å². The van der Waals surface area contributed by atoms with Crippen molar-refractivity contribution < 1.29 is 19.1 Å². The molecule has 4 atom stereocenters. The minimum atomic E-state index is -0.475. The minimum absolute atomic E-state index is 0.146. The minimum Gasteiger partial charge on any atom is -0.469 e. The molecule has 3 unspecified atom stereocenters. The molecule has 0 bridgehead atoms. The molecule has 2 heterocycles. The molecule has 1 fully saturated rings. The van der Waals surface area contributed by atoms with Crippen LogP contribution in [0.1, 0.15) is 57.7 Å². The van der Waals surface area contributed by atoms with E-state index in [2.05, 4.69) is 32.8 Å².